The third-order valence-corrected chi connectivity index (χ3v) is 3.44. The highest BCUT2D eigenvalue weighted by atomic mass is 19.1. The summed E-state index contributed by atoms with van der Waals surface area (Å²) in [5.74, 6) is -0.176. The summed E-state index contributed by atoms with van der Waals surface area (Å²) in [6.07, 6.45) is 5.58. The van der Waals surface area contributed by atoms with Crippen LogP contribution in [-0.4, -0.2) is 11.5 Å². The zero-order chi connectivity index (χ0) is 14.4. The van der Waals surface area contributed by atoms with Gasteiger partial charge in [-0.2, -0.15) is 0 Å². The van der Waals surface area contributed by atoms with Gasteiger partial charge in [-0.15, -0.1) is 0 Å². The van der Waals surface area contributed by atoms with Crippen LogP contribution in [0.15, 0.2) is 42.7 Å². The van der Waals surface area contributed by atoms with E-state index in [-0.39, 0.29) is 11.9 Å². The Kier molecular flexibility index (Phi) is 5.24. The van der Waals surface area contributed by atoms with Crippen molar-refractivity contribution in [2.24, 2.45) is 0 Å². The summed E-state index contributed by atoms with van der Waals surface area (Å²) in [5.41, 5.74) is 3.39. The van der Waals surface area contributed by atoms with E-state index in [1.165, 1.54) is 11.6 Å². The second-order valence-electron chi connectivity index (χ2n) is 5.07. The van der Waals surface area contributed by atoms with Gasteiger partial charge in [0.1, 0.15) is 5.82 Å². The largest absolute Gasteiger partial charge is 0.310 e. The summed E-state index contributed by atoms with van der Waals surface area (Å²) in [4.78, 5) is 4.05. The molecule has 0 fully saturated rings. The van der Waals surface area contributed by atoms with Crippen LogP contribution in [0.5, 0.6) is 0 Å². The standard InChI is InChI=1S/C17H21FN2/c1-3-8-20-17(12-14-6-9-19-10-7-14)16-5-4-15(18)11-13(16)2/h4-7,9-11,17,20H,3,8,12H2,1-2H3. The van der Waals surface area contributed by atoms with Crippen LogP contribution in [0.1, 0.15) is 36.1 Å². The molecule has 0 aliphatic carbocycles. The molecule has 1 aromatic carbocycles. The molecule has 2 aromatic rings. The van der Waals surface area contributed by atoms with Crippen molar-refractivity contribution >= 4 is 0 Å². The van der Waals surface area contributed by atoms with E-state index in [1.54, 1.807) is 6.07 Å². The molecule has 0 aliphatic rings. The monoisotopic (exact) mass is 272 g/mol. The van der Waals surface area contributed by atoms with Gasteiger partial charge in [-0.1, -0.05) is 13.0 Å². The average molecular weight is 272 g/mol. The Hall–Kier alpha value is -1.74. The van der Waals surface area contributed by atoms with Crippen LogP contribution in [-0.2, 0) is 6.42 Å². The molecule has 2 nitrogen and oxygen atoms in total. The third-order valence-electron chi connectivity index (χ3n) is 3.44. The second kappa shape index (κ2) is 7.15. The SMILES string of the molecule is CCCNC(Cc1ccncc1)c1ccc(F)cc1C. The van der Waals surface area contributed by atoms with Crippen LogP contribution < -0.4 is 5.32 Å². The minimum atomic E-state index is -0.176. The molecule has 106 valence electrons. The van der Waals surface area contributed by atoms with Gasteiger partial charge in [0, 0.05) is 18.4 Å². The highest BCUT2D eigenvalue weighted by Crippen LogP contribution is 2.22. The molecule has 1 atom stereocenters. The molecule has 1 N–H and O–H groups in total. The minimum absolute atomic E-state index is 0.176. The first-order valence-electron chi connectivity index (χ1n) is 7.09. The first-order valence-corrected chi connectivity index (χ1v) is 7.09. The van der Waals surface area contributed by atoms with E-state index < -0.39 is 0 Å². The third kappa shape index (κ3) is 3.87. The molecule has 0 aliphatic heterocycles. The number of aromatic nitrogens is 1. The number of hydrogen-bond donors (Lipinski definition) is 1. The molecule has 1 heterocycles. The van der Waals surface area contributed by atoms with Gasteiger partial charge in [-0.3, -0.25) is 4.98 Å². The van der Waals surface area contributed by atoms with Crippen LogP contribution in [0.4, 0.5) is 4.39 Å². The summed E-state index contributed by atoms with van der Waals surface area (Å²) in [6.45, 7) is 5.06. The Morgan fingerprint density at radius 3 is 2.60 bits per heavy atom. The summed E-state index contributed by atoms with van der Waals surface area (Å²) in [7, 11) is 0. The Balaban J connectivity index is 2.22. The lowest BCUT2D eigenvalue weighted by atomic mass is 9.95. The first kappa shape index (κ1) is 14.7. The van der Waals surface area contributed by atoms with Crippen molar-refractivity contribution in [3.63, 3.8) is 0 Å². The summed E-state index contributed by atoms with van der Waals surface area (Å²) >= 11 is 0. The van der Waals surface area contributed by atoms with Crippen molar-refractivity contribution in [2.45, 2.75) is 32.7 Å². The van der Waals surface area contributed by atoms with Crippen molar-refractivity contribution < 1.29 is 4.39 Å². The number of hydrogen-bond acceptors (Lipinski definition) is 2. The normalized spacial score (nSPS) is 12.3. The Labute approximate surface area is 120 Å². The number of rotatable bonds is 6. The smallest absolute Gasteiger partial charge is 0.123 e. The van der Waals surface area contributed by atoms with E-state index in [0.29, 0.717) is 0 Å². The fourth-order valence-corrected chi connectivity index (χ4v) is 2.40. The van der Waals surface area contributed by atoms with Gasteiger partial charge in [0.25, 0.3) is 0 Å². The molecule has 0 amide bonds. The predicted molar refractivity (Wildman–Crippen MR) is 80.1 cm³/mol. The van der Waals surface area contributed by atoms with Gasteiger partial charge in [0.2, 0.25) is 0 Å². The maximum absolute atomic E-state index is 13.3. The lowest BCUT2D eigenvalue weighted by Crippen LogP contribution is -2.24. The van der Waals surface area contributed by atoms with Crippen molar-refractivity contribution in [3.8, 4) is 0 Å². The first-order chi connectivity index (χ1) is 9.70. The molecule has 0 saturated carbocycles. The van der Waals surface area contributed by atoms with Gasteiger partial charge >= 0.3 is 0 Å². The molecular weight excluding hydrogens is 251 g/mol. The van der Waals surface area contributed by atoms with E-state index >= 15 is 0 Å². The van der Waals surface area contributed by atoms with Gasteiger partial charge in [0.05, 0.1) is 0 Å². The topological polar surface area (TPSA) is 24.9 Å². The van der Waals surface area contributed by atoms with E-state index in [0.717, 1.165) is 30.5 Å². The number of pyridine rings is 1. The molecule has 20 heavy (non-hydrogen) atoms. The van der Waals surface area contributed by atoms with Crippen molar-refractivity contribution in [2.75, 3.05) is 6.54 Å². The van der Waals surface area contributed by atoms with Gasteiger partial charge < -0.3 is 5.32 Å². The Bertz CT molecular complexity index is 540. The molecule has 0 spiro atoms. The predicted octanol–water partition coefficient (Wildman–Crippen LogP) is 3.81. The number of halogens is 1. The Morgan fingerprint density at radius 1 is 1.20 bits per heavy atom. The second-order valence-corrected chi connectivity index (χ2v) is 5.07. The highest BCUT2D eigenvalue weighted by molar-refractivity contribution is 5.31. The van der Waals surface area contributed by atoms with Crippen LogP contribution >= 0.6 is 0 Å². The number of nitrogens with one attached hydrogen (secondary N) is 1. The quantitative estimate of drug-likeness (QED) is 0.865. The van der Waals surface area contributed by atoms with E-state index in [4.69, 9.17) is 0 Å². The maximum atomic E-state index is 13.3. The summed E-state index contributed by atoms with van der Waals surface area (Å²) in [5, 5.41) is 3.55. The molecular formula is C17H21FN2. The average Bonchev–Trinajstić information content (AvgIpc) is 2.45. The molecule has 1 unspecified atom stereocenters. The highest BCUT2D eigenvalue weighted by Gasteiger charge is 2.14. The van der Waals surface area contributed by atoms with Crippen LogP contribution in [0.25, 0.3) is 0 Å². The maximum Gasteiger partial charge on any atom is 0.123 e. The van der Waals surface area contributed by atoms with Gasteiger partial charge in [-0.25, -0.2) is 4.39 Å². The summed E-state index contributed by atoms with van der Waals surface area (Å²) in [6, 6.07) is 9.29. The molecule has 0 bridgehead atoms. The molecule has 0 radical (unpaired) electrons. The summed E-state index contributed by atoms with van der Waals surface area (Å²) < 4.78 is 13.3. The lowest BCUT2D eigenvalue weighted by molar-refractivity contribution is 0.525. The van der Waals surface area contributed by atoms with Crippen LogP contribution in [0, 0.1) is 12.7 Å². The Morgan fingerprint density at radius 2 is 1.95 bits per heavy atom. The molecule has 3 heteroatoms. The van der Waals surface area contributed by atoms with E-state index in [1.807, 2.05) is 37.5 Å². The molecule has 2 rings (SSSR count). The fourth-order valence-electron chi connectivity index (χ4n) is 2.40. The molecule has 0 saturated heterocycles. The number of benzene rings is 1. The lowest BCUT2D eigenvalue weighted by Gasteiger charge is -2.21. The van der Waals surface area contributed by atoms with E-state index in [2.05, 4.69) is 17.2 Å². The van der Waals surface area contributed by atoms with E-state index in [9.17, 15) is 4.39 Å². The van der Waals surface area contributed by atoms with Crippen LogP contribution in [0.3, 0.4) is 0 Å². The zero-order valence-electron chi connectivity index (χ0n) is 12.1. The van der Waals surface area contributed by atoms with Gasteiger partial charge in [0.15, 0.2) is 0 Å². The van der Waals surface area contributed by atoms with Crippen molar-refractivity contribution in [1.82, 2.24) is 10.3 Å². The fraction of sp³-hybridized carbons (Fsp3) is 0.353. The molecule has 1 aromatic heterocycles. The van der Waals surface area contributed by atoms with Crippen molar-refractivity contribution in [1.29, 1.82) is 0 Å². The van der Waals surface area contributed by atoms with Crippen molar-refractivity contribution in [3.05, 3.63) is 65.2 Å². The van der Waals surface area contributed by atoms with Gasteiger partial charge in [-0.05, 0) is 67.3 Å². The minimum Gasteiger partial charge on any atom is -0.310 e. The zero-order valence-corrected chi connectivity index (χ0v) is 12.1. The number of nitrogens with zero attached hydrogens (tertiary/aromatic N) is 1. The number of aryl methyl sites for hydroxylation is 1. The van der Waals surface area contributed by atoms with Crippen LogP contribution in [0.2, 0.25) is 0 Å².